The van der Waals surface area contributed by atoms with Gasteiger partial charge in [-0.05, 0) is 34.1 Å². The van der Waals surface area contributed by atoms with Gasteiger partial charge >= 0.3 is 0 Å². The molecule has 3 aromatic rings. The van der Waals surface area contributed by atoms with Gasteiger partial charge in [-0.15, -0.1) is 0 Å². The van der Waals surface area contributed by atoms with Crippen molar-refractivity contribution in [2.45, 2.75) is 0 Å². The van der Waals surface area contributed by atoms with Gasteiger partial charge in [0.1, 0.15) is 5.52 Å². The highest BCUT2D eigenvalue weighted by atomic mass is 79.9. The lowest BCUT2D eigenvalue weighted by molar-refractivity contribution is 1.21. The van der Waals surface area contributed by atoms with Gasteiger partial charge in [-0.1, -0.05) is 11.6 Å². The highest BCUT2D eigenvalue weighted by Gasteiger charge is 2.10. The van der Waals surface area contributed by atoms with Gasteiger partial charge in [0, 0.05) is 9.50 Å². The minimum Gasteiger partial charge on any atom is -0.368 e. The number of anilines is 3. The number of nitrogen functional groups attached to an aromatic ring is 1. The number of nitrogens with zero attached hydrogens (tertiary/aromatic N) is 3. The van der Waals surface area contributed by atoms with Gasteiger partial charge in [-0.2, -0.15) is 9.97 Å². The predicted octanol–water partition coefficient (Wildman–Crippen LogP) is 3.09. The lowest BCUT2D eigenvalue weighted by Gasteiger charge is -2.09. The first-order valence-electron chi connectivity index (χ1n) is 5.32. The van der Waals surface area contributed by atoms with Crippen LogP contribution in [0.2, 0.25) is 5.02 Å². The normalized spacial score (nSPS) is 10.8. The Labute approximate surface area is 121 Å². The molecule has 0 unspecified atom stereocenters. The molecule has 3 rings (SSSR count). The Morgan fingerprint density at radius 1 is 1.32 bits per heavy atom. The largest absolute Gasteiger partial charge is 0.368 e. The minimum absolute atomic E-state index is 0.159. The van der Waals surface area contributed by atoms with Gasteiger partial charge in [0.15, 0.2) is 11.5 Å². The molecule has 0 aliphatic carbocycles. The lowest BCUT2D eigenvalue weighted by Crippen LogP contribution is -2.01. The van der Waals surface area contributed by atoms with Crippen LogP contribution in [0.3, 0.4) is 0 Å². The predicted molar refractivity (Wildman–Crippen MR) is 78.5 cm³/mol. The number of fused-ring (bicyclic) bond motifs is 1. The smallest absolute Gasteiger partial charge is 0.224 e. The Balaban J connectivity index is 2.07. The molecule has 0 aliphatic rings. The second-order valence-electron chi connectivity index (χ2n) is 3.78. The van der Waals surface area contributed by atoms with Gasteiger partial charge in [-0.3, -0.25) is 0 Å². The number of H-pyrrole nitrogens is 1. The highest BCUT2D eigenvalue weighted by molar-refractivity contribution is 9.10. The molecule has 2 heterocycles. The van der Waals surface area contributed by atoms with Gasteiger partial charge in [-0.25, -0.2) is 4.98 Å². The van der Waals surface area contributed by atoms with Crippen LogP contribution in [0, 0.1) is 0 Å². The van der Waals surface area contributed by atoms with E-state index in [2.05, 4.69) is 41.2 Å². The van der Waals surface area contributed by atoms with Gasteiger partial charge < -0.3 is 16.0 Å². The van der Waals surface area contributed by atoms with Crippen LogP contribution in [0.25, 0.3) is 11.2 Å². The van der Waals surface area contributed by atoms with Crippen LogP contribution in [-0.2, 0) is 0 Å². The molecule has 0 spiro atoms. The molecule has 8 heteroatoms. The number of benzene rings is 1. The summed E-state index contributed by atoms with van der Waals surface area (Å²) in [5.74, 6) is 0.718. The monoisotopic (exact) mass is 338 g/mol. The van der Waals surface area contributed by atoms with E-state index in [1.54, 1.807) is 18.5 Å². The Bertz CT molecular complexity index is 756. The van der Waals surface area contributed by atoms with E-state index in [1.165, 1.54) is 0 Å². The van der Waals surface area contributed by atoms with Crippen molar-refractivity contribution in [3.63, 3.8) is 0 Å². The maximum Gasteiger partial charge on any atom is 0.224 e. The molecule has 2 aromatic heterocycles. The van der Waals surface area contributed by atoms with Crippen LogP contribution in [0.5, 0.6) is 0 Å². The number of hydrogen-bond donors (Lipinski definition) is 3. The van der Waals surface area contributed by atoms with E-state index in [4.69, 9.17) is 17.3 Å². The second kappa shape index (κ2) is 4.67. The SMILES string of the molecule is Nc1nc(Nc2ccc(Cl)cc2Br)c2[nH]cnc2n1. The molecule has 0 atom stereocenters. The van der Waals surface area contributed by atoms with Crippen LogP contribution in [0.15, 0.2) is 29.0 Å². The van der Waals surface area contributed by atoms with Crippen molar-refractivity contribution in [3.05, 3.63) is 34.0 Å². The van der Waals surface area contributed by atoms with E-state index in [0.717, 1.165) is 10.2 Å². The van der Waals surface area contributed by atoms with Gasteiger partial charge in [0.25, 0.3) is 0 Å². The molecule has 0 amide bonds. The highest BCUT2D eigenvalue weighted by Crippen LogP contribution is 2.29. The van der Waals surface area contributed by atoms with Crippen molar-refractivity contribution < 1.29 is 0 Å². The van der Waals surface area contributed by atoms with E-state index in [9.17, 15) is 0 Å². The Kier molecular flexibility index (Phi) is 3.00. The van der Waals surface area contributed by atoms with E-state index in [0.29, 0.717) is 22.0 Å². The summed E-state index contributed by atoms with van der Waals surface area (Å²) in [4.78, 5) is 15.2. The summed E-state index contributed by atoms with van der Waals surface area (Å²) in [7, 11) is 0. The van der Waals surface area contributed by atoms with Crippen LogP contribution >= 0.6 is 27.5 Å². The van der Waals surface area contributed by atoms with E-state index < -0.39 is 0 Å². The van der Waals surface area contributed by atoms with Crippen LogP contribution in [0.4, 0.5) is 17.5 Å². The van der Waals surface area contributed by atoms with Crippen molar-refractivity contribution in [3.8, 4) is 0 Å². The number of nitrogens with one attached hydrogen (secondary N) is 2. The second-order valence-corrected chi connectivity index (χ2v) is 5.07. The maximum atomic E-state index is 5.90. The van der Waals surface area contributed by atoms with Gasteiger partial charge in [0.05, 0.1) is 12.0 Å². The summed E-state index contributed by atoms with van der Waals surface area (Å²) in [6.07, 6.45) is 1.54. The van der Waals surface area contributed by atoms with E-state index >= 15 is 0 Å². The zero-order valence-electron chi connectivity index (χ0n) is 9.48. The third-order valence-electron chi connectivity index (χ3n) is 2.49. The van der Waals surface area contributed by atoms with Crippen molar-refractivity contribution >= 4 is 56.1 Å². The van der Waals surface area contributed by atoms with Gasteiger partial charge in [0.2, 0.25) is 5.95 Å². The van der Waals surface area contributed by atoms with Crippen molar-refractivity contribution in [1.29, 1.82) is 0 Å². The number of halogens is 2. The number of imidazole rings is 1. The Morgan fingerprint density at radius 2 is 2.16 bits per heavy atom. The molecule has 0 fully saturated rings. The molecule has 1 aromatic carbocycles. The molecule has 6 nitrogen and oxygen atoms in total. The third-order valence-corrected chi connectivity index (χ3v) is 3.38. The zero-order chi connectivity index (χ0) is 13.4. The van der Waals surface area contributed by atoms with Crippen molar-refractivity contribution in [2.75, 3.05) is 11.1 Å². The number of aromatic nitrogens is 4. The topological polar surface area (TPSA) is 92.5 Å². The minimum atomic E-state index is 0.159. The molecular weight excluding hydrogens is 332 g/mol. The molecule has 0 bridgehead atoms. The molecule has 0 aliphatic heterocycles. The fourth-order valence-electron chi connectivity index (χ4n) is 1.66. The molecule has 4 N–H and O–H groups in total. The number of hydrogen-bond acceptors (Lipinski definition) is 5. The lowest BCUT2D eigenvalue weighted by atomic mass is 10.3. The summed E-state index contributed by atoms with van der Waals surface area (Å²) < 4.78 is 0.824. The molecule has 0 saturated heterocycles. The maximum absolute atomic E-state index is 5.90. The molecule has 0 saturated carbocycles. The van der Waals surface area contributed by atoms with E-state index in [-0.39, 0.29) is 5.95 Å². The molecule has 0 radical (unpaired) electrons. The summed E-state index contributed by atoms with van der Waals surface area (Å²) in [6, 6.07) is 5.41. The standard InChI is InChI=1S/C11H8BrClN6/c12-6-3-5(13)1-2-7(6)17-10-8-9(16-4-15-8)18-11(14)19-10/h1-4H,(H4,14,15,16,17,18,19). The van der Waals surface area contributed by atoms with Crippen molar-refractivity contribution in [1.82, 2.24) is 19.9 Å². The first kappa shape index (κ1) is 12.2. The number of rotatable bonds is 2. The summed E-state index contributed by atoms with van der Waals surface area (Å²) in [5, 5.41) is 3.81. The van der Waals surface area contributed by atoms with Crippen LogP contribution < -0.4 is 11.1 Å². The summed E-state index contributed by atoms with van der Waals surface area (Å²) in [6.45, 7) is 0. The Morgan fingerprint density at radius 3 is 2.95 bits per heavy atom. The first-order chi connectivity index (χ1) is 9.13. The molecule has 19 heavy (non-hydrogen) atoms. The molecular formula is C11H8BrClN6. The fraction of sp³-hybridized carbons (Fsp3) is 0. The quantitative estimate of drug-likeness (QED) is 0.667. The Hall–Kier alpha value is -1.86. The summed E-state index contributed by atoms with van der Waals surface area (Å²) >= 11 is 9.33. The summed E-state index contributed by atoms with van der Waals surface area (Å²) in [5.41, 5.74) is 7.67. The van der Waals surface area contributed by atoms with Crippen LogP contribution in [-0.4, -0.2) is 19.9 Å². The number of nitrogens with two attached hydrogens (primary N) is 1. The van der Waals surface area contributed by atoms with E-state index in [1.807, 2.05) is 6.07 Å². The zero-order valence-corrected chi connectivity index (χ0v) is 11.8. The first-order valence-corrected chi connectivity index (χ1v) is 6.49. The molecule has 96 valence electrons. The fourth-order valence-corrected chi connectivity index (χ4v) is 2.44. The van der Waals surface area contributed by atoms with Crippen LogP contribution in [0.1, 0.15) is 0 Å². The van der Waals surface area contributed by atoms with Crippen molar-refractivity contribution in [2.24, 2.45) is 0 Å². The average molecular weight is 340 g/mol. The number of aromatic amines is 1. The third kappa shape index (κ3) is 2.34. The average Bonchev–Trinajstić information content (AvgIpc) is 2.80.